The third kappa shape index (κ3) is 4.47. The van der Waals surface area contributed by atoms with Crippen LogP contribution in [0, 0.1) is 18.3 Å². The average molecular weight is 293 g/mol. The maximum atomic E-state index is 5.12. The van der Waals surface area contributed by atoms with E-state index < -0.39 is 0 Å². The molecule has 1 aliphatic rings. The SMILES string of the molecule is COCCNc1nc(C)cn1CC1(CC(C)C)CCCC1. The maximum absolute atomic E-state index is 5.12. The molecule has 4 nitrogen and oxygen atoms in total. The molecule has 2 rings (SSSR count). The number of hydrogen-bond donors (Lipinski definition) is 1. The highest BCUT2D eigenvalue weighted by Gasteiger charge is 2.35. The van der Waals surface area contributed by atoms with Gasteiger partial charge in [0.2, 0.25) is 5.95 Å². The molecule has 0 amide bonds. The molecule has 1 N–H and O–H groups in total. The molecule has 21 heavy (non-hydrogen) atoms. The summed E-state index contributed by atoms with van der Waals surface area (Å²) in [5, 5.41) is 3.41. The quantitative estimate of drug-likeness (QED) is 0.740. The Morgan fingerprint density at radius 1 is 1.38 bits per heavy atom. The lowest BCUT2D eigenvalue weighted by atomic mass is 9.78. The van der Waals surface area contributed by atoms with Crippen LogP contribution in [0.2, 0.25) is 0 Å². The number of methoxy groups -OCH3 is 1. The van der Waals surface area contributed by atoms with Crippen molar-refractivity contribution in [2.24, 2.45) is 11.3 Å². The van der Waals surface area contributed by atoms with Crippen LogP contribution < -0.4 is 5.32 Å². The van der Waals surface area contributed by atoms with Gasteiger partial charge < -0.3 is 14.6 Å². The van der Waals surface area contributed by atoms with Gasteiger partial charge in [0.15, 0.2) is 0 Å². The number of hydrogen-bond acceptors (Lipinski definition) is 3. The lowest BCUT2D eigenvalue weighted by Gasteiger charge is -2.32. The maximum Gasteiger partial charge on any atom is 0.203 e. The summed E-state index contributed by atoms with van der Waals surface area (Å²) in [6, 6.07) is 0. The summed E-state index contributed by atoms with van der Waals surface area (Å²) in [5.74, 6) is 1.76. The highest BCUT2D eigenvalue weighted by Crippen LogP contribution is 2.44. The van der Waals surface area contributed by atoms with Gasteiger partial charge in [-0.05, 0) is 37.5 Å². The van der Waals surface area contributed by atoms with Gasteiger partial charge in [-0.2, -0.15) is 0 Å². The molecule has 0 saturated heterocycles. The third-order valence-electron chi connectivity index (χ3n) is 4.50. The number of anilines is 1. The molecule has 1 fully saturated rings. The summed E-state index contributed by atoms with van der Waals surface area (Å²) >= 11 is 0. The predicted octanol–water partition coefficient (Wildman–Crippen LogP) is 3.86. The predicted molar refractivity (Wildman–Crippen MR) is 87.7 cm³/mol. The molecule has 4 heteroatoms. The molecule has 1 saturated carbocycles. The fourth-order valence-corrected chi connectivity index (χ4v) is 3.85. The van der Waals surface area contributed by atoms with Crippen LogP contribution in [0.4, 0.5) is 5.95 Å². The molecule has 0 atom stereocenters. The second-order valence-electron chi connectivity index (χ2n) is 7.06. The molecule has 0 radical (unpaired) electrons. The van der Waals surface area contributed by atoms with Gasteiger partial charge in [-0.25, -0.2) is 4.98 Å². The summed E-state index contributed by atoms with van der Waals surface area (Å²) in [5.41, 5.74) is 1.56. The zero-order valence-electron chi connectivity index (χ0n) is 14.1. The van der Waals surface area contributed by atoms with E-state index in [1.807, 2.05) is 0 Å². The van der Waals surface area contributed by atoms with E-state index in [0.717, 1.165) is 30.6 Å². The van der Waals surface area contributed by atoms with Crippen molar-refractivity contribution in [3.05, 3.63) is 11.9 Å². The molecule has 0 spiro atoms. The molecule has 120 valence electrons. The fourth-order valence-electron chi connectivity index (χ4n) is 3.85. The highest BCUT2D eigenvalue weighted by molar-refractivity contribution is 5.29. The summed E-state index contributed by atoms with van der Waals surface area (Å²) < 4.78 is 7.45. The zero-order chi connectivity index (χ0) is 15.3. The molecular formula is C17H31N3O. The van der Waals surface area contributed by atoms with Crippen LogP contribution in [-0.2, 0) is 11.3 Å². The Bertz CT molecular complexity index is 433. The van der Waals surface area contributed by atoms with Gasteiger partial charge in [-0.15, -0.1) is 0 Å². The number of nitrogens with one attached hydrogen (secondary N) is 1. The Kier molecular flexibility index (Phi) is 5.68. The van der Waals surface area contributed by atoms with Gasteiger partial charge in [0.1, 0.15) is 0 Å². The molecule has 1 aromatic heterocycles. The minimum atomic E-state index is 0.471. The van der Waals surface area contributed by atoms with Gasteiger partial charge in [0, 0.05) is 26.4 Å². The van der Waals surface area contributed by atoms with Gasteiger partial charge >= 0.3 is 0 Å². The smallest absolute Gasteiger partial charge is 0.203 e. The average Bonchev–Trinajstić information content (AvgIpc) is 2.97. The second kappa shape index (κ2) is 7.30. The van der Waals surface area contributed by atoms with Crippen LogP contribution in [0.5, 0.6) is 0 Å². The van der Waals surface area contributed by atoms with Crippen molar-refractivity contribution in [2.75, 3.05) is 25.6 Å². The van der Waals surface area contributed by atoms with Crippen molar-refractivity contribution in [1.29, 1.82) is 0 Å². The van der Waals surface area contributed by atoms with Gasteiger partial charge in [-0.3, -0.25) is 0 Å². The van der Waals surface area contributed by atoms with E-state index >= 15 is 0 Å². The molecule has 0 aromatic carbocycles. The van der Waals surface area contributed by atoms with Crippen LogP contribution in [-0.4, -0.2) is 29.8 Å². The molecule has 0 aliphatic heterocycles. The van der Waals surface area contributed by atoms with Crippen molar-refractivity contribution in [1.82, 2.24) is 9.55 Å². The Morgan fingerprint density at radius 2 is 2.10 bits per heavy atom. The first kappa shape index (κ1) is 16.3. The number of ether oxygens (including phenoxy) is 1. The lowest BCUT2D eigenvalue weighted by Crippen LogP contribution is -2.26. The number of aromatic nitrogens is 2. The Hall–Kier alpha value is -1.03. The Balaban J connectivity index is 2.09. The number of rotatable bonds is 8. The van der Waals surface area contributed by atoms with E-state index in [-0.39, 0.29) is 0 Å². The summed E-state index contributed by atoms with van der Waals surface area (Å²) in [6.45, 7) is 9.38. The first-order valence-corrected chi connectivity index (χ1v) is 8.31. The van der Waals surface area contributed by atoms with Crippen LogP contribution in [0.25, 0.3) is 0 Å². The van der Waals surface area contributed by atoms with Gasteiger partial charge in [0.05, 0.1) is 12.3 Å². The van der Waals surface area contributed by atoms with Crippen molar-refractivity contribution in [3.63, 3.8) is 0 Å². The Morgan fingerprint density at radius 3 is 2.71 bits per heavy atom. The van der Waals surface area contributed by atoms with E-state index in [0.29, 0.717) is 12.0 Å². The summed E-state index contributed by atoms with van der Waals surface area (Å²) in [7, 11) is 1.73. The monoisotopic (exact) mass is 293 g/mol. The molecule has 1 heterocycles. The van der Waals surface area contributed by atoms with Crippen molar-refractivity contribution in [3.8, 4) is 0 Å². The molecule has 0 unspecified atom stereocenters. The molecule has 1 aliphatic carbocycles. The first-order chi connectivity index (χ1) is 10.0. The molecule has 0 bridgehead atoms. The van der Waals surface area contributed by atoms with E-state index in [2.05, 4.69) is 41.8 Å². The molecule has 1 aromatic rings. The third-order valence-corrected chi connectivity index (χ3v) is 4.50. The van der Waals surface area contributed by atoms with E-state index in [4.69, 9.17) is 4.74 Å². The van der Waals surface area contributed by atoms with Crippen LogP contribution >= 0.6 is 0 Å². The topological polar surface area (TPSA) is 39.1 Å². The van der Waals surface area contributed by atoms with Crippen molar-refractivity contribution in [2.45, 2.75) is 59.4 Å². The fraction of sp³-hybridized carbons (Fsp3) is 0.824. The van der Waals surface area contributed by atoms with Crippen molar-refractivity contribution < 1.29 is 4.74 Å². The van der Waals surface area contributed by atoms with Crippen LogP contribution in [0.1, 0.15) is 51.6 Å². The van der Waals surface area contributed by atoms with E-state index in [1.165, 1.54) is 32.1 Å². The minimum absolute atomic E-state index is 0.471. The van der Waals surface area contributed by atoms with E-state index in [9.17, 15) is 0 Å². The van der Waals surface area contributed by atoms with Gasteiger partial charge in [0.25, 0.3) is 0 Å². The zero-order valence-corrected chi connectivity index (χ0v) is 14.1. The first-order valence-electron chi connectivity index (χ1n) is 8.31. The minimum Gasteiger partial charge on any atom is -0.383 e. The lowest BCUT2D eigenvalue weighted by molar-refractivity contribution is 0.197. The van der Waals surface area contributed by atoms with E-state index in [1.54, 1.807) is 7.11 Å². The normalized spacial score (nSPS) is 17.6. The van der Waals surface area contributed by atoms with Gasteiger partial charge in [-0.1, -0.05) is 26.7 Å². The van der Waals surface area contributed by atoms with Crippen molar-refractivity contribution >= 4 is 5.95 Å². The summed E-state index contributed by atoms with van der Waals surface area (Å²) in [6.07, 6.45) is 9.00. The number of aryl methyl sites for hydroxylation is 1. The molecular weight excluding hydrogens is 262 g/mol. The van der Waals surface area contributed by atoms with Crippen LogP contribution in [0.15, 0.2) is 6.20 Å². The highest BCUT2D eigenvalue weighted by atomic mass is 16.5. The summed E-state index contributed by atoms with van der Waals surface area (Å²) in [4.78, 5) is 4.63. The largest absolute Gasteiger partial charge is 0.383 e. The second-order valence-corrected chi connectivity index (χ2v) is 7.06. The number of imidazole rings is 1. The van der Waals surface area contributed by atoms with Crippen LogP contribution in [0.3, 0.4) is 0 Å². The Labute approximate surface area is 129 Å². The standard InChI is InChI=1S/C17H31N3O/c1-14(2)11-17(7-5-6-8-17)13-20-12-15(3)19-16(20)18-9-10-21-4/h12,14H,5-11,13H2,1-4H3,(H,18,19). The number of nitrogens with zero attached hydrogens (tertiary/aromatic N) is 2.